The molecule has 1 heterocycles. The third-order valence-electron chi connectivity index (χ3n) is 3.41. The van der Waals surface area contributed by atoms with Gasteiger partial charge in [0.2, 0.25) is 11.8 Å². The molecular formula is C20H18N2O3S. The van der Waals surface area contributed by atoms with Crippen LogP contribution < -0.4 is 14.8 Å². The van der Waals surface area contributed by atoms with Crippen molar-refractivity contribution in [2.45, 2.75) is 4.90 Å². The third kappa shape index (κ3) is 5.26. The van der Waals surface area contributed by atoms with E-state index in [1.807, 2.05) is 54.6 Å². The number of ether oxygens (including phenoxy) is 2. The Hall–Kier alpha value is -2.99. The van der Waals surface area contributed by atoms with Crippen LogP contribution in [0.3, 0.4) is 0 Å². The molecule has 0 atom stereocenters. The maximum atomic E-state index is 12.2. The second kappa shape index (κ2) is 8.92. The van der Waals surface area contributed by atoms with Crippen LogP contribution in [0.1, 0.15) is 0 Å². The molecule has 3 aromatic rings. The number of benzene rings is 2. The molecule has 0 aliphatic heterocycles. The van der Waals surface area contributed by atoms with E-state index in [4.69, 9.17) is 9.47 Å². The molecule has 132 valence electrons. The average Bonchev–Trinajstić information content (AvgIpc) is 2.68. The summed E-state index contributed by atoms with van der Waals surface area (Å²) in [7, 11) is 1.63. The lowest BCUT2D eigenvalue weighted by Crippen LogP contribution is -2.14. The summed E-state index contributed by atoms with van der Waals surface area (Å²) in [4.78, 5) is 17.3. The van der Waals surface area contributed by atoms with E-state index >= 15 is 0 Å². The van der Waals surface area contributed by atoms with Crippen LogP contribution in [0.4, 0.5) is 5.69 Å². The van der Waals surface area contributed by atoms with Gasteiger partial charge in [-0.05, 0) is 42.5 Å². The summed E-state index contributed by atoms with van der Waals surface area (Å²) in [6.07, 6.45) is 1.60. The highest BCUT2D eigenvalue weighted by molar-refractivity contribution is 8.00. The van der Waals surface area contributed by atoms with Crippen molar-refractivity contribution in [3.05, 3.63) is 72.9 Å². The maximum absolute atomic E-state index is 12.2. The fraction of sp³-hybridized carbons (Fsp3) is 0.100. The van der Waals surface area contributed by atoms with Crippen LogP contribution in [0.5, 0.6) is 17.4 Å². The molecule has 6 heteroatoms. The normalized spacial score (nSPS) is 10.2. The summed E-state index contributed by atoms with van der Waals surface area (Å²) in [6.45, 7) is 0. The lowest BCUT2D eigenvalue weighted by molar-refractivity contribution is -0.113. The number of amides is 1. The topological polar surface area (TPSA) is 60.5 Å². The van der Waals surface area contributed by atoms with Gasteiger partial charge in [0, 0.05) is 22.8 Å². The summed E-state index contributed by atoms with van der Waals surface area (Å²) < 4.78 is 10.8. The predicted molar refractivity (Wildman–Crippen MR) is 103 cm³/mol. The highest BCUT2D eigenvalue weighted by atomic mass is 32.2. The van der Waals surface area contributed by atoms with Crippen molar-refractivity contribution >= 4 is 23.4 Å². The molecular weight excluding hydrogens is 348 g/mol. The molecule has 0 radical (unpaired) electrons. The number of nitrogens with zero attached hydrogens (tertiary/aromatic N) is 1. The molecule has 1 N–H and O–H groups in total. The molecule has 0 aliphatic rings. The number of thioether (sulfide) groups is 1. The zero-order valence-corrected chi connectivity index (χ0v) is 15.0. The van der Waals surface area contributed by atoms with Crippen molar-refractivity contribution in [1.29, 1.82) is 0 Å². The van der Waals surface area contributed by atoms with Gasteiger partial charge in [0.1, 0.15) is 11.5 Å². The highest BCUT2D eigenvalue weighted by Crippen LogP contribution is 2.23. The van der Waals surface area contributed by atoms with Crippen LogP contribution in [0.2, 0.25) is 0 Å². The Morgan fingerprint density at radius 2 is 1.81 bits per heavy atom. The molecule has 0 saturated carbocycles. The van der Waals surface area contributed by atoms with Crippen LogP contribution in [0.25, 0.3) is 0 Å². The van der Waals surface area contributed by atoms with Gasteiger partial charge < -0.3 is 14.8 Å². The van der Waals surface area contributed by atoms with Gasteiger partial charge in [-0.15, -0.1) is 11.8 Å². The van der Waals surface area contributed by atoms with E-state index in [-0.39, 0.29) is 5.91 Å². The molecule has 26 heavy (non-hydrogen) atoms. The molecule has 3 rings (SSSR count). The second-order valence-electron chi connectivity index (χ2n) is 5.31. The van der Waals surface area contributed by atoms with Crippen molar-refractivity contribution in [3.63, 3.8) is 0 Å². The lowest BCUT2D eigenvalue weighted by Gasteiger charge is -2.08. The van der Waals surface area contributed by atoms with Crippen molar-refractivity contribution < 1.29 is 14.3 Å². The molecule has 0 unspecified atom stereocenters. The van der Waals surface area contributed by atoms with Crippen LogP contribution in [-0.2, 0) is 4.79 Å². The van der Waals surface area contributed by atoms with Crippen molar-refractivity contribution in [2.24, 2.45) is 0 Å². The fourth-order valence-electron chi connectivity index (χ4n) is 2.17. The molecule has 0 aliphatic carbocycles. The number of anilines is 1. The number of para-hydroxylation sites is 1. The monoisotopic (exact) mass is 366 g/mol. The first-order chi connectivity index (χ1) is 12.7. The van der Waals surface area contributed by atoms with E-state index < -0.39 is 0 Å². The zero-order chi connectivity index (χ0) is 18.2. The number of aromatic nitrogens is 1. The minimum absolute atomic E-state index is 0.0947. The van der Waals surface area contributed by atoms with Gasteiger partial charge in [-0.2, -0.15) is 0 Å². The fourth-order valence-corrected chi connectivity index (χ4v) is 2.87. The Morgan fingerprint density at radius 3 is 2.54 bits per heavy atom. The smallest absolute Gasteiger partial charge is 0.234 e. The number of methoxy groups -OCH3 is 1. The Morgan fingerprint density at radius 1 is 1.04 bits per heavy atom. The molecule has 5 nitrogen and oxygen atoms in total. The van der Waals surface area contributed by atoms with E-state index in [9.17, 15) is 4.79 Å². The summed E-state index contributed by atoms with van der Waals surface area (Å²) in [6, 6.07) is 20.4. The van der Waals surface area contributed by atoms with Gasteiger partial charge in [-0.1, -0.05) is 18.2 Å². The van der Waals surface area contributed by atoms with Crippen molar-refractivity contribution in [3.8, 4) is 17.4 Å². The highest BCUT2D eigenvalue weighted by Gasteiger charge is 2.06. The van der Waals surface area contributed by atoms with Gasteiger partial charge in [0.25, 0.3) is 0 Å². The molecule has 1 amide bonds. The minimum Gasteiger partial charge on any atom is -0.497 e. The number of nitrogens with one attached hydrogen (secondary N) is 1. The van der Waals surface area contributed by atoms with Gasteiger partial charge >= 0.3 is 0 Å². The first-order valence-electron chi connectivity index (χ1n) is 7.98. The quantitative estimate of drug-likeness (QED) is 0.619. The van der Waals surface area contributed by atoms with Crippen molar-refractivity contribution in [2.75, 3.05) is 18.2 Å². The third-order valence-corrected chi connectivity index (χ3v) is 4.43. The number of carbonyl (C=O) groups excluding carboxylic acids is 1. The minimum atomic E-state index is -0.0947. The van der Waals surface area contributed by atoms with Gasteiger partial charge in [-0.3, -0.25) is 4.79 Å². The van der Waals surface area contributed by atoms with E-state index in [1.54, 1.807) is 25.4 Å². The Balaban J connectivity index is 1.54. The first-order valence-corrected chi connectivity index (χ1v) is 8.97. The second-order valence-corrected chi connectivity index (χ2v) is 6.36. The number of rotatable bonds is 7. The van der Waals surface area contributed by atoms with Crippen LogP contribution in [0, 0.1) is 0 Å². The summed E-state index contributed by atoms with van der Waals surface area (Å²) in [5.41, 5.74) is 0.645. The van der Waals surface area contributed by atoms with Crippen LogP contribution >= 0.6 is 11.8 Å². The number of hydrogen-bond acceptors (Lipinski definition) is 5. The average molecular weight is 366 g/mol. The Labute approximate surface area is 156 Å². The molecule has 0 fully saturated rings. The standard InChI is InChI=1S/C20H18N2O3S/c1-24-16-7-9-18(10-8-16)26-14-19(23)22-15-11-12-21-20(13-15)25-17-5-3-2-4-6-17/h2-13H,14H2,1H3,(H,21,22,23). The Kier molecular flexibility index (Phi) is 6.11. The largest absolute Gasteiger partial charge is 0.497 e. The molecule has 0 bridgehead atoms. The number of carbonyl (C=O) groups is 1. The van der Waals surface area contributed by atoms with Crippen LogP contribution in [-0.4, -0.2) is 23.8 Å². The van der Waals surface area contributed by atoms with E-state index in [2.05, 4.69) is 10.3 Å². The van der Waals surface area contributed by atoms with E-state index in [0.29, 0.717) is 23.1 Å². The first kappa shape index (κ1) is 17.8. The molecule has 0 saturated heterocycles. The predicted octanol–water partition coefficient (Wildman–Crippen LogP) is 4.61. The number of hydrogen-bond donors (Lipinski definition) is 1. The zero-order valence-electron chi connectivity index (χ0n) is 14.2. The molecule has 0 spiro atoms. The van der Waals surface area contributed by atoms with Crippen molar-refractivity contribution in [1.82, 2.24) is 4.98 Å². The Bertz CT molecular complexity index is 854. The van der Waals surface area contributed by atoms with Crippen LogP contribution in [0.15, 0.2) is 77.8 Å². The maximum Gasteiger partial charge on any atom is 0.234 e. The molecule has 2 aromatic carbocycles. The lowest BCUT2D eigenvalue weighted by atomic mass is 10.3. The van der Waals surface area contributed by atoms with E-state index in [0.717, 1.165) is 10.6 Å². The SMILES string of the molecule is COc1ccc(SCC(=O)Nc2ccnc(Oc3ccccc3)c2)cc1. The molecule has 1 aromatic heterocycles. The summed E-state index contributed by atoms with van der Waals surface area (Å²) in [5, 5.41) is 2.86. The van der Waals surface area contributed by atoms with Gasteiger partial charge in [0.05, 0.1) is 12.9 Å². The summed E-state index contributed by atoms with van der Waals surface area (Å²) >= 11 is 1.46. The summed E-state index contributed by atoms with van der Waals surface area (Å²) in [5.74, 6) is 2.13. The van der Waals surface area contributed by atoms with E-state index in [1.165, 1.54) is 11.8 Å². The number of pyridine rings is 1. The van der Waals surface area contributed by atoms with Gasteiger partial charge in [0.15, 0.2) is 0 Å². The van der Waals surface area contributed by atoms with Gasteiger partial charge in [-0.25, -0.2) is 4.98 Å².